The van der Waals surface area contributed by atoms with Gasteiger partial charge in [0.05, 0.1) is 11.4 Å². The van der Waals surface area contributed by atoms with E-state index in [-0.39, 0.29) is 35.0 Å². The maximum Gasteiger partial charge on any atom is 0.275 e. The summed E-state index contributed by atoms with van der Waals surface area (Å²) in [6, 6.07) is 6.48. The Morgan fingerprint density at radius 2 is 1.96 bits per heavy atom. The topological polar surface area (TPSA) is 95.3 Å². The maximum absolute atomic E-state index is 12.7. The normalized spacial score (nSPS) is 17.6. The number of carboxylic acid groups (broad SMARTS) is 1. The molecule has 0 aliphatic carbocycles. The summed E-state index contributed by atoms with van der Waals surface area (Å²) in [5.74, 6) is -1.68. The van der Waals surface area contributed by atoms with Crippen LogP contribution in [0.2, 0.25) is 0 Å². The van der Waals surface area contributed by atoms with E-state index in [2.05, 4.69) is 5.10 Å². The van der Waals surface area contributed by atoms with Gasteiger partial charge in [0, 0.05) is 18.0 Å². The van der Waals surface area contributed by atoms with E-state index in [1.165, 1.54) is 12.1 Å². The van der Waals surface area contributed by atoms with Crippen molar-refractivity contribution in [3.63, 3.8) is 0 Å². The molecule has 1 aliphatic heterocycles. The lowest BCUT2D eigenvalue weighted by molar-refractivity contribution is -0.255. The summed E-state index contributed by atoms with van der Waals surface area (Å²) in [6.45, 7) is 2.43. The Morgan fingerprint density at radius 3 is 2.64 bits per heavy atom. The van der Waals surface area contributed by atoms with Gasteiger partial charge in [-0.25, -0.2) is 4.68 Å². The van der Waals surface area contributed by atoms with Gasteiger partial charge in [-0.05, 0) is 31.7 Å². The van der Waals surface area contributed by atoms with Crippen LogP contribution in [0.1, 0.15) is 43.1 Å². The molecular weight excluding hydrogens is 322 g/mol. The molecule has 0 radical (unpaired) electrons. The summed E-state index contributed by atoms with van der Waals surface area (Å²) in [5.41, 5.74) is -0.798. The maximum atomic E-state index is 12.7. The van der Waals surface area contributed by atoms with Crippen LogP contribution < -0.4 is 10.7 Å². The van der Waals surface area contributed by atoms with Crippen LogP contribution in [0.25, 0.3) is 10.8 Å². The average molecular weight is 342 g/mol. The monoisotopic (exact) mass is 342 g/mol. The number of carboxylic acids is 1. The number of amides is 1. The molecule has 0 unspecified atom stereocenters. The van der Waals surface area contributed by atoms with Gasteiger partial charge in [0.15, 0.2) is 0 Å². The van der Waals surface area contributed by atoms with Crippen LogP contribution in [0.4, 0.5) is 0 Å². The highest BCUT2D eigenvalue weighted by molar-refractivity contribution is 6.00. The van der Waals surface area contributed by atoms with E-state index in [4.69, 9.17) is 0 Å². The van der Waals surface area contributed by atoms with Gasteiger partial charge >= 0.3 is 0 Å². The first-order valence-corrected chi connectivity index (χ1v) is 8.53. The van der Waals surface area contributed by atoms with Crippen molar-refractivity contribution in [1.29, 1.82) is 0 Å². The van der Waals surface area contributed by atoms with E-state index >= 15 is 0 Å². The van der Waals surface area contributed by atoms with Gasteiger partial charge in [-0.3, -0.25) is 9.59 Å². The number of hydrogen-bond donors (Lipinski definition) is 0. The molecule has 132 valence electrons. The quantitative estimate of drug-likeness (QED) is 0.809. The largest absolute Gasteiger partial charge is 0.543 e. The lowest BCUT2D eigenvalue weighted by Crippen LogP contribution is -2.46. The molecule has 1 fully saturated rings. The molecule has 2 heterocycles. The summed E-state index contributed by atoms with van der Waals surface area (Å²) in [5, 5.41) is 15.7. The number of carbonyl (C=O) groups excluding carboxylic acids is 2. The molecule has 1 aliphatic rings. The summed E-state index contributed by atoms with van der Waals surface area (Å²) in [6.07, 6.45) is 3.83. The molecule has 0 bridgehead atoms. The van der Waals surface area contributed by atoms with Crippen LogP contribution in [-0.2, 0) is 11.3 Å². The molecular formula is C18H20N3O4-. The standard InChI is InChI=1S/C18H21N3O4/c1-2-12-7-5-6-10-20(12)15(22)11-21-17(23)14-9-4-3-8-13(14)16(19-21)18(24)25/h3-4,8-9,12H,2,5-7,10-11H2,1H3,(H,24,25)/p-1/t12-/m1/s1. The average Bonchev–Trinajstić information content (AvgIpc) is 2.63. The Kier molecular flexibility index (Phi) is 4.83. The van der Waals surface area contributed by atoms with E-state index in [0.717, 1.165) is 30.4 Å². The molecule has 0 spiro atoms. The van der Waals surface area contributed by atoms with Crippen LogP contribution >= 0.6 is 0 Å². The third kappa shape index (κ3) is 3.26. The van der Waals surface area contributed by atoms with Crippen molar-refractivity contribution in [1.82, 2.24) is 14.7 Å². The number of fused-ring (bicyclic) bond motifs is 1. The van der Waals surface area contributed by atoms with E-state index in [1.807, 2.05) is 6.92 Å². The zero-order chi connectivity index (χ0) is 18.0. The van der Waals surface area contributed by atoms with E-state index in [0.29, 0.717) is 6.54 Å². The van der Waals surface area contributed by atoms with Crippen LogP contribution in [0.3, 0.4) is 0 Å². The Hall–Kier alpha value is -2.70. The van der Waals surface area contributed by atoms with Crippen LogP contribution in [-0.4, -0.2) is 39.1 Å². The van der Waals surface area contributed by atoms with Crippen molar-refractivity contribution in [3.05, 3.63) is 40.3 Å². The molecule has 0 N–H and O–H groups in total. The predicted octanol–water partition coefficient (Wildman–Crippen LogP) is 0.551. The number of carbonyl (C=O) groups is 2. The van der Waals surface area contributed by atoms with Crippen molar-refractivity contribution in [3.8, 4) is 0 Å². The number of rotatable bonds is 4. The Labute approximate surface area is 144 Å². The molecule has 7 heteroatoms. The second-order valence-corrected chi connectivity index (χ2v) is 6.29. The Bertz CT molecular complexity index is 874. The van der Waals surface area contributed by atoms with Crippen molar-refractivity contribution in [2.45, 2.75) is 45.2 Å². The lowest BCUT2D eigenvalue weighted by Gasteiger charge is -2.35. The highest BCUT2D eigenvalue weighted by Gasteiger charge is 2.26. The van der Waals surface area contributed by atoms with Gasteiger partial charge in [0.2, 0.25) is 5.91 Å². The number of hydrogen-bond acceptors (Lipinski definition) is 5. The molecule has 25 heavy (non-hydrogen) atoms. The van der Waals surface area contributed by atoms with Gasteiger partial charge in [-0.1, -0.05) is 25.1 Å². The molecule has 1 aromatic heterocycles. The van der Waals surface area contributed by atoms with Gasteiger partial charge in [-0.15, -0.1) is 0 Å². The second kappa shape index (κ2) is 7.04. The number of aromatic nitrogens is 2. The summed E-state index contributed by atoms with van der Waals surface area (Å²) >= 11 is 0. The highest BCUT2D eigenvalue weighted by atomic mass is 16.4. The molecule has 1 saturated heterocycles. The Balaban J connectivity index is 1.98. The minimum atomic E-state index is -1.47. The number of piperidine rings is 1. The van der Waals surface area contributed by atoms with E-state index in [1.54, 1.807) is 17.0 Å². The number of benzene rings is 1. The van der Waals surface area contributed by atoms with Crippen molar-refractivity contribution in [2.75, 3.05) is 6.54 Å². The SMILES string of the molecule is CC[C@@H]1CCCCN1C(=O)Cn1nc(C(=O)[O-])c2ccccc2c1=O. The zero-order valence-electron chi connectivity index (χ0n) is 14.1. The minimum Gasteiger partial charge on any atom is -0.543 e. The molecule has 1 atom stereocenters. The van der Waals surface area contributed by atoms with Crippen LogP contribution in [0.5, 0.6) is 0 Å². The number of aromatic carboxylic acids is 1. The Morgan fingerprint density at radius 1 is 1.24 bits per heavy atom. The van der Waals surface area contributed by atoms with Gasteiger partial charge < -0.3 is 14.8 Å². The molecule has 1 amide bonds. The number of likely N-dealkylation sites (tertiary alicyclic amines) is 1. The predicted molar refractivity (Wildman–Crippen MR) is 90.0 cm³/mol. The highest BCUT2D eigenvalue weighted by Crippen LogP contribution is 2.20. The van der Waals surface area contributed by atoms with Gasteiger partial charge in [0.25, 0.3) is 5.56 Å². The summed E-state index contributed by atoms with van der Waals surface area (Å²) in [7, 11) is 0. The van der Waals surface area contributed by atoms with Gasteiger partial charge in [0.1, 0.15) is 12.2 Å². The number of nitrogens with zero attached hydrogens (tertiary/aromatic N) is 3. The minimum absolute atomic E-state index is 0.165. The lowest BCUT2D eigenvalue weighted by atomic mass is 10.00. The van der Waals surface area contributed by atoms with Crippen LogP contribution in [0.15, 0.2) is 29.1 Å². The summed E-state index contributed by atoms with van der Waals surface area (Å²) < 4.78 is 0.942. The van der Waals surface area contributed by atoms with Crippen molar-refractivity contribution < 1.29 is 14.7 Å². The molecule has 2 aromatic rings. The fourth-order valence-electron chi connectivity index (χ4n) is 3.47. The smallest absolute Gasteiger partial charge is 0.275 e. The molecule has 0 saturated carbocycles. The fraction of sp³-hybridized carbons (Fsp3) is 0.444. The third-order valence-corrected chi connectivity index (χ3v) is 4.76. The molecule has 7 nitrogen and oxygen atoms in total. The van der Waals surface area contributed by atoms with Crippen LogP contribution in [0, 0.1) is 0 Å². The first-order valence-electron chi connectivity index (χ1n) is 8.53. The van der Waals surface area contributed by atoms with Gasteiger partial charge in [-0.2, -0.15) is 5.10 Å². The third-order valence-electron chi connectivity index (χ3n) is 4.76. The zero-order valence-corrected chi connectivity index (χ0v) is 14.1. The van der Waals surface area contributed by atoms with E-state index < -0.39 is 11.5 Å². The first-order chi connectivity index (χ1) is 12.0. The van der Waals surface area contributed by atoms with Crippen molar-refractivity contribution in [2.24, 2.45) is 0 Å². The fourth-order valence-corrected chi connectivity index (χ4v) is 3.47. The second-order valence-electron chi connectivity index (χ2n) is 6.29. The first kappa shape index (κ1) is 17.1. The molecule has 1 aromatic carbocycles. The van der Waals surface area contributed by atoms with E-state index in [9.17, 15) is 19.5 Å². The summed E-state index contributed by atoms with van der Waals surface area (Å²) in [4.78, 5) is 38.4. The molecule has 3 rings (SSSR count). The van der Waals surface area contributed by atoms with Crippen molar-refractivity contribution >= 4 is 22.6 Å².